The zero-order valence-corrected chi connectivity index (χ0v) is 13.7. The number of anilines is 1. The molecular weight excluding hydrogens is 304 g/mol. The molecule has 21 heavy (non-hydrogen) atoms. The van der Waals surface area contributed by atoms with Crippen LogP contribution < -0.4 is 5.32 Å². The lowest BCUT2D eigenvalue weighted by atomic mass is 10.4. The monoisotopic (exact) mass is 322 g/mol. The number of thioether (sulfide) groups is 1. The van der Waals surface area contributed by atoms with Crippen LogP contribution in [0.25, 0.3) is 0 Å². The first-order valence-electron chi connectivity index (χ1n) is 6.62. The van der Waals surface area contributed by atoms with Crippen LogP contribution in [0.5, 0.6) is 0 Å². The molecule has 4 nitrogen and oxygen atoms in total. The van der Waals surface area contributed by atoms with E-state index in [1.165, 1.54) is 6.26 Å². The maximum absolute atomic E-state index is 11.4. The van der Waals surface area contributed by atoms with Crippen LogP contribution >= 0.6 is 11.8 Å². The molecule has 2 aromatic rings. The summed E-state index contributed by atoms with van der Waals surface area (Å²) in [6.07, 6.45) is 1.21. The van der Waals surface area contributed by atoms with Gasteiger partial charge in [-0.05, 0) is 43.3 Å². The predicted octanol–water partition coefficient (Wildman–Crippen LogP) is 3.21. The molecule has 1 aromatic heterocycles. The molecule has 0 radical (unpaired) electrons. The van der Waals surface area contributed by atoms with Gasteiger partial charge in [-0.15, -0.1) is 11.8 Å². The Morgan fingerprint density at radius 1 is 1.14 bits per heavy atom. The number of nitrogens with one attached hydrogen (secondary N) is 1. The van der Waals surface area contributed by atoms with Crippen LogP contribution in [0.1, 0.15) is 12.6 Å². The molecule has 0 unspecified atom stereocenters. The smallest absolute Gasteiger partial charge is 0.175 e. The highest BCUT2D eigenvalue weighted by Crippen LogP contribution is 2.23. The molecule has 0 aliphatic carbocycles. The molecule has 1 aromatic carbocycles. The third-order valence-corrected chi connectivity index (χ3v) is 4.98. The second-order valence-corrected chi connectivity index (χ2v) is 7.64. The molecule has 2 rings (SSSR count). The van der Waals surface area contributed by atoms with Crippen LogP contribution in [0.4, 0.5) is 5.82 Å². The Morgan fingerprint density at radius 3 is 2.48 bits per heavy atom. The minimum Gasteiger partial charge on any atom is -0.370 e. The van der Waals surface area contributed by atoms with Gasteiger partial charge in [0, 0.05) is 23.4 Å². The molecule has 0 spiro atoms. The van der Waals surface area contributed by atoms with Crippen LogP contribution in [0.3, 0.4) is 0 Å². The van der Waals surface area contributed by atoms with E-state index in [2.05, 4.69) is 10.3 Å². The van der Waals surface area contributed by atoms with Crippen LogP contribution in [-0.4, -0.2) is 26.2 Å². The molecule has 0 aliphatic rings. The number of hydrogen-bond donors (Lipinski definition) is 1. The maximum Gasteiger partial charge on any atom is 0.175 e. The number of pyridine rings is 1. The lowest BCUT2D eigenvalue weighted by Crippen LogP contribution is -2.00. The van der Waals surface area contributed by atoms with Crippen molar-refractivity contribution in [3.05, 3.63) is 48.2 Å². The molecule has 0 amide bonds. The van der Waals surface area contributed by atoms with Crippen molar-refractivity contribution in [2.75, 3.05) is 18.1 Å². The normalized spacial score (nSPS) is 11.3. The molecular formula is C15H18N2O2S2. The molecule has 1 N–H and O–H groups in total. The van der Waals surface area contributed by atoms with Crippen LogP contribution in [0.15, 0.2) is 52.3 Å². The summed E-state index contributed by atoms with van der Waals surface area (Å²) in [4.78, 5) is 5.88. The Bertz CT molecular complexity index is 698. The highest BCUT2D eigenvalue weighted by molar-refractivity contribution is 7.98. The quantitative estimate of drug-likeness (QED) is 0.828. The predicted molar refractivity (Wildman–Crippen MR) is 87.5 cm³/mol. The van der Waals surface area contributed by atoms with Crippen LogP contribution in [-0.2, 0) is 15.6 Å². The van der Waals surface area contributed by atoms with Gasteiger partial charge in [-0.1, -0.05) is 6.07 Å². The van der Waals surface area contributed by atoms with Crippen molar-refractivity contribution in [3.63, 3.8) is 0 Å². The number of hydrogen-bond acceptors (Lipinski definition) is 5. The summed E-state index contributed by atoms with van der Waals surface area (Å²) in [6, 6.07) is 12.8. The highest BCUT2D eigenvalue weighted by Gasteiger charge is 2.06. The van der Waals surface area contributed by atoms with Crippen molar-refractivity contribution >= 4 is 27.4 Å². The fourth-order valence-corrected chi connectivity index (χ4v) is 3.21. The Labute approximate surface area is 129 Å². The van der Waals surface area contributed by atoms with E-state index in [9.17, 15) is 8.42 Å². The number of benzene rings is 1. The summed E-state index contributed by atoms with van der Waals surface area (Å²) < 4.78 is 22.8. The maximum atomic E-state index is 11.4. The van der Waals surface area contributed by atoms with E-state index in [0.29, 0.717) is 4.90 Å². The van der Waals surface area contributed by atoms with E-state index >= 15 is 0 Å². The average Bonchev–Trinajstić information content (AvgIpc) is 2.45. The summed E-state index contributed by atoms with van der Waals surface area (Å²) in [5, 5.41) is 3.18. The summed E-state index contributed by atoms with van der Waals surface area (Å²) >= 11 is 1.63. The lowest BCUT2D eigenvalue weighted by molar-refractivity contribution is 0.602. The van der Waals surface area contributed by atoms with Gasteiger partial charge in [0.25, 0.3) is 0 Å². The molecule has 0 fully saturated rings. The topological polar surface area (TPSA) is 59.1 Å². The summed E-state index contributed by atoms with van der Waals surface area (Å²) in [5.41, 5.74) is 0.991. The zero-order chi connectivity index (χ0) is 15.3. The number of rotatable bonds is 6. The van der Waals surface area contributed by atoms with E-state index in [4.69, 9.17) is 0 Å². The fraction of sp³-hybridized carbons (Fsp3) is 0.267. The molecule has 6 heteroatoms. The Kier molecular flexibility index (Phi) is 5.25. The zero-order valence-electron chi connectivity index (χ0n) is 12.0. The first-order chi connectivity index (χ1) is 9.99. The summed E-state index contributed by atoms with van der Waals surface area (Å²) in [6.45, 7) is 2.88. The van der Waals surface area contributed by atoms with Gasteiger partial charge < -0.3 is 5.32 Å². The van der Waals surface area contributed by atoms with E-state index in [1.807, 2.05) is 37.3 Å². The van der Waals surface area contributed by atoms with Gasteiger partial charge in [0.05, 0.1) is 10.6 Å². The van der Waals surface area contributed by atoms with Crippen molar-refractivity contribution in [1.82, 2.24) is 4.98 Å². The third-order valence-electron chi connectivity index (χ3n) is 2.80. The van der Waals surface area contributed by atoms with E-state index in [0.717, 1.165) is 28.7 Å². The number of nitrogens with zero attached hydrogens (tertiary/aromatic N) is 1. The highest BCUT2D eigenvalue weighted by atomic mass is 32.2. The Hall–Kier alpha value is -1.53. The van der Waals surface area contributed by atoms with E-state index in [1.54, 1.807) is 23.9 Å². The molecule has 0 saturated carbocycles. The van der Waals surface area contributed by atoms with Crippen molar-refractivity contribution in [1.29, 1.82) is 0 Å². The number of aromatic nitrogens is 1. The first kappa shape index (κ1) is 15.9. The molecule has 0 bridgehead atoms. The Balaban J connectivity index is 2.01. The summed E-state index contributed by atoms with van der Waals surface area (Å²) in [7, 11) is -3.13. The summed E-state index contributed by atoms with van der Waals surface area (Å²) in [5.74, 6) is 1.63. The van der Waals surface area contributed by atoms with Crippen molar-refractivity contribution in [2.24, 2.45) is 0 Å². The molecule has 0 saturated heterocycles. The number of sulfone groups is 1. The van der Waals surface area contributed by atoms with Crippen molar-refractivity contribution < 1.29 is 8.42 Å². The fourth-order valence-electron chi connectivity index (χ4n) is 1.78. The first-order valence-corrected chi connectivity index (χ1v) is 9.49. The van der Waals surface area contributed by atoms with Crippen LogP contribution in [0, 0.1) is 0 Å². The van der Waals surface area contributed by atoms with Crippen LogP contribution in [0.2, 0.25) is 0 Å². The molecule has 1 heterocycles. The standard InChI is InChI=1S/C15H18N2O2S2/c1-3-16-15-6-4-5-12(17-15)11-20-13-7-9-14(10-8-13)21(2,18)19/h4-10H,3,11H2,1-2H3,(H,16,17). The third kappa shape index (κ3) is 4.75. The van der Waals surface area contributed by atoms with Gasteiger partial charge in [0.1, 0.15) is 5.82 Å². The van der Waals surface area contributed by atoms with Crippen molar-refractivity contribution in [3.8, 4) is 0 Å². The van der Waals surface area contributed by atoms with Gasteiger partial charge in [-0.3, -0.25) is 0 Å². The SMILES string of the molecule is CCNc1cccc(CSc2ccc(S(C)(=O)=O)cc2)n1. The van der Waals surface area contributed by atoms with E-state index in [-0.39, 0.29) is 0 Å². The van der Waals surface area contributed by atoms with Gasteiger partial charge in [-0.25, -0.2) is 13.4 Å². The van der Waals surface area contributed by atoms with Gasteiger partial charge in [0.2, 0.25) is 0 Å². The second kappa shape index (κ2) is 6.95. The minimum absolute atomic E-state index is 0.346. The second-order valence-electron chi connectivity index (χ2n) is 4.58. The molecule has 0 atom stereocenters. The molecule has 112 valence electrons. The minimum atomic E-state index is -3.13. The van der Waals surface area contributed by atoms with E-state index < -0.39 is 9.84 Å². The average molecular weight is 322 g/mol. The van der Waals surface area contributed by atoms with Gasteiger partial charge >= 0.3 is 0 Å². The largest absolute Gasteiger partial charge is 0.370 e. The van der Waals surface area contributed by atoms with Gasteiger partial charge in [-0.2, -0.15) is 0 Å². The lowest BCUT2D eigenvalue weighted by Gasteiger charge is -2.06. The van der Waals surface area contributed by atoms with Gasteiger partial charge in [0.15, 0.2) is 9.84 Å². The van der Waals surface area contributed by atoms with Crippen molar-refractivity contribution in [2.45, 2.75) is 22.5 Å². The molecule has 0 aliphatic heterocycles. The Morgan fingerprint density at radius 2 is 1.86 bits per heavy atom.